The molecule has 168 valence electrons. The Bertz CT molecular complexity index is 1250. The van der Waals surface area contributed by atoms with Crippen LogP contribution in [0.15, 0.2) is 66.9 Å². The smallest absolute Gasteiger partial charge is 0.255 e. The van der Waals surface area contributed by atoms with Crippen LogP contribution in [0.4, 0.5) is 11.5 Å². The van der Waals surface area contributed by atoms with Crippen LogP contribution in [-0.2, 0) is 0 Å². The highest BCUT2D eigenvalue weighted by Gasteiger charge is 2.21. The Balaban J connectivity index is 1.32. The van der Waals surface area contributed by atoms with Gasteiger partial charge in [0.05, 0.1) is 0 Å². The monoisotopic (exact) mass is 554 g/mol. The van der Waals surface area contributed by atoms with Crippen molar-refractivity contribution in [2.75, 3.05) is 23.7 Å². The van der Waals surface area contributed by atoms with E-state index in [0.29, 0.717) is 28.8 Å². The number of carbonyl (C=O) groups is 1. The molecule has 0 spiro atoms. The number of ether oxygens (including phenoxy) is 1. The average molecular weight is 554 g/mol. The second kappa shape index (κ2) is 9.75. The molecule has 1 atom stereocenters. The zero-order chi connectivity index (χ0) is 22.6. The molecule has 0 radical (unpaired) electrons. The number of halogens is 1. The first-order valence-corrected chi connectivity index (χ1v) is 11.8. The summed E-state index contributed by atoms with van der Waals surface area (Å²) in [7, 11) is 0. The first-order chi connectivity index (χ1) is 16.2. The molecule has 8 nitrogen and oxygen atoms in total. The maximum absolute atomic E-state index is 12.5. The van der Waals surface area contributed by atoms with Crippen molar-refractivity contribution >= 4 is 51.3 Å². The molecule has 1 fully saturated rings. The highest BCUT2D eigenvalue weighted by Crippen LogP contribution is 2.33. The molecule has 9 heteroatoms. The highest BCUT2D eigenvalue weighted by atomic mass is 127. The number of carbonyl (C=O) groups excluding carboxylic acids is 1. The lowest BCUT2D eigenvalue weighted by molar-refractivity contribution is 0.102. The molecular formula is C24H23IN6O2. The molecule has 1 amide bonds. The van der Waals surface area contributed by atoms with Crippen LogP contribution in [0.25, 0.3) is 11.0 Å². The van der Waals surface area contributed by atoms with Crippen molar-refractivity contribution in [2.24, 2.45) is 0 Å². The summed E-state index contributed by atoms with van der Waals surface area (Å²) in [5, 5.41) is 14.7. The molecule has 33 heavy (non-hydrogen) atoms. The molecular weight excluding hydrogens is 531 g/mol. The van der Waals surface area contributed by atoms with Crippen molar-refractivity contribution in [2.45, 2.75) is 18.9 Å². The number of nitrogens with zero attached hydrogens (tertiary/aromatic N) is 3. The largest absolute Gasteiger partial charge is 0.456 e. The van der Waals surface area contributed by atoms with E-state index in [4.69, 9.17) is 4.74 Å². The number of hydrogen-bond acceptors (Lipinski definition) is 6. The minimum Gasteiger partial charge on any atom is -0.456 e. The SMILES string of the molecule is O=C(Nc1ccccc1)c1ccc(Oc2ccnc3[nH]nc(NC4CCCN(I)C4)c23)cc1. The molecule has 3 N–H and O–H groups in total. The Morgan fingerprint density at radius 1 is 1.12 bits per heavy atom. The van der Waals surface area contributed by atoms with Crippen LogP contribution in [0, 0.1) is 0 Å². The highest BCUT2D eigenvalue weighted by molar-refractivity contribution is 14.1. The van der Waals surface area contributed by atoms with Gasteiger partial charge in [-0.3, -0.25) is 9.89 Å². The normalized spacial score (nSPS) is 16.5. The molecule has 0 aliphatic carbocycles. The Morgan fingerprint density at radius 3 is 2.73 bits per heavy atom. The van der Waals surface area contributed by atoms with Gasteiger partial charge in [0.2, 0.25) is 0 Å². The summed E-state index contributed by atoms with van der Waals surface area (Å²) in [4.78, 5) is 16.9. The van der Waals surface area contributed by atoms with Crippen LogP contribution in [0.1, 0.15) is 23.2 Å². The van der Waals surface area contributed by atoms with Crippen LogP contribution in [0.3, 0.4) is 0 Å². The van der Waals surface area contributed by atoms with Crippen molar-refractivity contribution in [1.29, 1.82) is 0 Å². The summed E-state index contributed by atoms with van der Waals surface area (Å²) in [6.07, 6.45) is 3.93. The van der Waals surface area contributed by atoms with Crippen LogP contribution < -0.4 is 15.4 Å². The third-order valence-electron chi connectivity index (χ3n) is 5.51. The lowest BCUT2D eigenvalue weighted by Crippen LogP contribution is -2.37. The van der Waals surface area contributed by atoms with Gasteiger partial charge in [0, 0.05) is 65.5 Å². The fourth-order valence-electron chi connectivity index (χ4n) is 3.88. The van der Waals surface area contributed by atoms with E-state index in [9.17, 15) is 4.79 Å². The third-order valence-corrected chi connectivity index (χ3v) is 6.39. The van der Waals surface area contributed by atoms with E-state index in [-0.39, 0.29) is 5.91 Å². The van der Waals surface area contributed by atoms with Gasteiger partial charge in [-0.15, -0.1) is 0 Å². The Hall–Kier alpha value is -3.18. The molecule has 0 saturated carbocycles. The number of fused-ring (bicyclic) bond motifs is 1. The fraction of sp³-hybridized carbons (Fsp3) is 0.208. The molecule has 1 saturated heterocycles. The first-order valence-electron chi connectivity index (χ1n) is 10.8. The number of anilines is 2. The molecule has 2 aromatic carbocycles. The quantitative estimate of drug-likeness (QED) is 0.223. The first kappa shape index (κ1) is 21.7. The number of H-pyrrole nitrogens is 1. The summed E-state index contributed by atoms with van der Waals surface area (Å²) < 4.78 is 8.46. The molecule has 4 aromatic rings. The fourth-order valence-corrected chi connectivity index (χ4v) is 4.70. The van der Waals surface area contributed by atoms with Crippen molar-refractivity contribution in [3.63, 3.8) is 0 Å². The average Bonchev–Trinajstić information content (AvgIpc) is 3.24. The van der Waals surface area contributed by atoms with Gasteiger partial charge < -0.3 is 15.4 Å². The molecule has 1 aliphatic heterocycles. The topological polar surface area (TPSA) is 95.2 Å². The number of pyridine rings is 1. The Labute approximate surface area is 205 Å². The standard InChI is InChI=1S/C24H23IN6O2/c25-31-14-4-7-18(15-31)27-23-21-20(12-13-26-22(21)29-30-23)33-19-10-8-16(9-11-19)24(32)28-17-5-2-1-3-6-17/h1-3,5-6,8-13,18H,4,7,14-15H2,(H,28,32)(H2,26,27,29,30). The maximum atomic E-state index is 12.5. The van der Waals surface area contributed by atoms with Crippen molar-refractivity contribution in [3.8, 4) is 11.5 Å². The summed E-state index contributed by atoms with van der Waals surface area (Å²) >= 11 is 2.37. The van der Waals surface area contributed by atoms with E-state index < -0.39 is 0 Å². The number of hydrogen-bond donors (Lipinski definition) is 3. The summed E-state index contributed by atoms with van der Waals surface area (Å²) in [5.74, 6) is 1.85. The van der Waals surface area contributed by atoms with Gasteiger partial charge >= 0.3 is 0 Å². The van der Waals surface area contributed by atoms with Crippen molar-refractivity contribution in [3.05, 3.63) is 72.4 Å². The zero-order valence-electron chi connectivity index (χ0n) is 17.8. The molecule has 1 aliphatic rings. The van der Waals surface area contributed by atoms with Crippen LogP contribution in [0.2, 0.25) is 0 Å². The molecule has 2 aromatic heterocycles. The second-order valence-electron chi connectivity index (χ2n) is 7.90. The number of aromatic nitrogens is 3. The molecule has 5 rings (SSSR count). The van der Waals surface area contributed by atoms with Gasteiger partial charge in [0.1, 0.15) is 16.9 Å². The lowest BCUT2D eigenvalue weighted by atomic mass is 10.1. The van der Waals surface area contributed by atoms with Gasteiger partial charge in [0.15, 0.2) is 11.5 Å². The lowest BCUT2D eigenvalue weighted by Gasteiger charge is -2.28. The summed E-state index contributed by atoms with van der Waals surface area (Å²) in [6, 6.07) is 18.6. The molecule has 1 unspecified atom stereocenters. The van der Waals surface area contributed by atoms with Gasteiger partial charge in [-0.2, -0.15) is 5.10 Å². The number of amides is 1. The van der Waals surface area contributed by atoms with E-state index in [2.05, 4.69) is 51.8 Å². The van der Waals surface area contributed by atoms with E-state index in [1.807, 2.05) is 36.4 Å². The van der Waals surface area contributed by atoms with Gasteiger partial charge in [-0.25, -0.2) is 8.10 Å². The minimum absolute atomic E-state index is 0.169. The maximum Gasteiger partial charge on any atom is 0.255 e. The summed E-state index contributed by atoms with van der Waals surface area (Å²) in [5.41, 5.74) is 1.97. The van der Waals surface area contributed by atoms with Crippen LogP contribution in [-0.4, -0.2) is 43.3 Å². The summed E-state index contributed by atoms with van der Waals surface area (Å²) in [6.45, 7) is 2.06. The van der Waals surface area contributed by atoms with E-state index >= 15 is 0 Å². The van der Waals surface area contributed by atoms with Gasteiger partial charge in [-0.1, -0.05) is 18.2 Å². The number of para-hydroxylation sites is 1. The van der Waals surface area contributed by atoms with Crippen molar-refractivity contribution < 1.29 is 9.53 Å². The number of nitrogens with one attached hydrogen (secondary N) is 3. The number of aromatic amines is 1. The van der Waals surface area contributed by atoms with Crippen LogP contribution in [0.5, 0.6) is 11.5 Å². The number of benzene rings is 2. The zero-order valence-corrected chi connectivity index (χ0v) is 20.0. The second-order valence-corrected chi connectivity index (χ2v) is 9.27. The Kier molecular flexibility index (Phi) is 6.40. The minimum atomic E-state index is -0.169. The van der Waals surface area contributed by atoms with Crippen molar-refractivity contribution in [1.82, 2.24) is 18.3 Å². The van der Waals surface area contributed by atoms with Crippen LogP contribution >= 0.6 is 22.9 Å². The third kappa shape index (κ3) is 5.09. The van der Waals surface area contributed by atoms with E-state index in [1.165, 1.54) is 0 Å². The van der Waals surface area contributed by atoms with E-state index in [0.717, 1.165) is 42.8 Å². The van der Waals surface area contributed by atoms with E-state index in [1.54, 1.807) is 30.5 Å². The Morgan fingerprint density at radius 2 is 1.94 bits per heavy atom. The van der Waals surface area contributed by atoms with Gasteiger partial charge in [0.25, 0.3) is 5.91 Å². The molecule has 3 heterocycles. The number of rotatable bonds is 6. The number of piperidine rings is 1. The van der Waals surface area contributed by atoms with Gasteiger partial charge in [-0.05, 0) is 49.2 Å². The molecule has 0 bridgehead atoms. The predicted molar refractivity (Wildman–Crippen MR) is 137 cm³/mol. The predicted octanol–water partition coefficient (Wildman–Crippen LogP) is 5.23.